The molecule has 1 aliphatic rings. The molecule has 9 heteroatoms. The molecule has 336 valence electrons. The second kappa shape index (κ2) is 39.3. The van der Waals surface area contributed by atoms with E-state index in [9.17, 15) is 30.3 Å². The van der Waals surface area contributed by atoms with Crippen LogP contribution in [0.25, 0.3) is 0 Å². The topological polar surface area (TPSA) is 149 Å². The zero-order valence-electron chi connectivity index (χ0n) is 36.7. The Balaban J connectivity index is 2.46. The van der Waals surface area contributed by atoms with Crippen LogP contribution < -0.4 is 5.32 Å². The van der Waals surface area contributed by atoms with Gasteiger partial charge >= 0.3 is 0 Å². The van der Waals surface area contributed by atoms with Crippen molar-refractivity contribution >= 4 is 5.91 Å². The molecule has 0 aromatic heterocycles. The maximum atomic E-state index is 12.9. The third-order valence-electron chi connectivity index (χ3n) is 10.1. The Kier molecular flexibility index (Phi) is 36.0. The average Bonchev–Trinajstić information content (AvgIpc) is 3.23. The summed E-state index contributed by atoms with van der Waals surface area (Å²) < 4.78 is 11.2. The highest BCUT2D eigenvalue weighted by molar-refractivity contribution is 5.76. The second-order valence-electron chi connectivity index (χ2n) is 15.4. The van der Waals surface area contributed by atoms with Gasteiger partial charge in [0.05, 0.1) is 25.4 Å². The summed E-state index contributed by atoms with van der Waals surface area (Å²) in [4.78, 5) is 12.9. The van der Waals surface area contributed by atoms with Crippen molar-refractivity contribution in [3.63, 3.8) is 0 Å². The summed E-state index contributed by atoms with van der Waals surface area (Å²) in [6, 6.07) is -0.863. The first-order valence-corrected chi connectivity index (χ1v) is 23.0. The molecule has 9 nitrogen and oxygen atoms in total. The molecule has 0 spiro atoms. The molecule has 1 saturated heterocycles. The standard InChI is InChI=1S/C50H83NO8/c1-3-5-7-9-11-13-15-17-19-21-22-24-25-27-29-31-33-35-37-39-44(53)43(42-58-50-49(57)48(56)47(55)45(41-52)59-50)51-46(54)40-38-36-34-32-30-28-26-23-20-18-16-14-12-10-8-6-4-2/h6,8,12,14,18,20,22,24,26,28-29,31-32,34,37,39,43-45,47-50,52-53,55-57H,3-5,7,9-11,13,15-17,19,21,23,25,27,30,33,35-36,38,40-42H2,1-2H3,(H,51,54)/b8-6-,14-12-,20-18-,24-22+,28-26-,31-29+,34-32-,39-37+. The van der Waals surface area contributed by atoms with Crippen LogP contribution in [0.1, 0.15) is 155 Å². The molecule has 0 aromatic carbocycles. The highest BCUT2D eigenvalue weighted by Crippen LogP contribution is 2.22. The average molecular weight is 826 g/mol. The van der Waals surface area contributed by atoms with Crippen molar-refractivity contribution in [3.05, 3.63) is 97.2 Å². The SMILES string of the molecule is CC/C=C\C/C=C\C/C=C\C/C=C\C/C=C\CCCC(=O)NC(COC1OC(CO)C(O)C(O)C1O)C(O)/C=C/CC/C=C/CC/C=C/CCCCCCCCCCC. The van der Waals surface area contributed by atoms with Crippen molar-refractivity contribution in [2.45, 2.75) is 198 Å². The van der Waals surface area contributed by atoms with Crippen molar-refractivity contribution in [3.8, 4) is 0 Å². The molecule has 1 rings (SSSR count). The number of allylic oxidation sites excluding steroid dienone is 15. The van der Waals surface area contributed by atoms with Crippen LogP contribution in [0.3, 0.4) is 0 Å². The van der Waals surface area contributed by atoms with E-state index >= 15 is 0 Å². The molecule has 0 radical (unpaired) electrons. The van der Waals surface area contributed by atoms with Crippen LogP contribution in [-0.2, 0) is 14.3 Å². The van der Waals surface area contributed by atoms with E-state index in [1.54, 1.807) is 6.08 Å². The van der Waals surface area contributed by atoms with Crippen LogP contribution in [0.15, 0.2) is 97.2 Å². The number of aliphatic hydroxyl groups excluding tert-OH is 5. The number of carbonyl (C=O) groups is 1. The van der Waals surface area contributed by atoms with Crippen LogP contribution in [-0.4, -0.2) is 87.5 Å². The predicted octanol–water partition coefficient (Wildman–Crippen LogP) is 9.72. The minimum atomic E-state index is -1.59. The highest BCUT2D eigenvalue weighted by atomic mass is 16.7. The molecule has 59 heavy (non-hydrogen) atoms. The van der Waals surface area contributed by atoms with Crippen molar-refractivity contribution in [1.29, 1.82) is 0 Å². The number of aliphatic hydroxyl groups is 5. The number of hydrogen-bond acceptors (Lipinski definition) is 8. The predicted molar refractivity (Wildman–Crippen MR) is 244 cm³/mol. The van der Waals surface area contributed by atoms with Crippen LogP contribution >= 0.6 is 0 Å². The van der Waals surface area contributed by atoms with E-state index in [1.165, 1.54) is 57.8 Å². The molecule has 0 bridgehead atoms. The molecule has 0 aromatic rings. The Morgan fingerprint density at radius 1 is 0.593 bits per heavy atom. The van der Waals surface area contributed by atoms with Gasteiger partial charge in [0, 0.05) is 6.42 Å². The van der Waals surface area contributed by atoms with E-state index < -0.39 is 49.5 Å². The monoisotopic (exact) mass is 826 g/mol. The zero-order valence-corrected chi connectivity index (χ0v) is 36.7. The van der Waals surface area contributed by atoms with Crippen molar-refractivity contribution in [2.75, 3.05) is 13.2 Å². The lowest BCUT2D eigenvalue weighted by Crippen LogP contribution is -2.60. The quantitative estimate of drug-likeness (QED) is 0.0270. The van der Waals surface area contributed by atoms with Gasteiger partial charge in [-0.15, -0.1) is 0 Å². The first-order valence-electron chi connectivity index (χ1n) is 23.0. The zero-order chi connectivity index (χ0) is 43.0. The molecule has 0 saturated carbocycles. The first kappa shape index (κ1) is 54.1. The lowest BCUT2D eigenvalue weighted by atomic mass is 9.99. The van der Waals surface area contributed by atoms with Crippen molar-refractivity contribution < 1.29 is 39.8 Å². The van der Waals surface area contributed by atoms with Crippen molar-refractivity contribution in [2.24, 2.45) is 0 Å². The molecule has 6 N–H and O–H groups in total. The minimum Gasteiger partial charge on any atom is -0.394 e. The number of nitrogens with one attached hydrogen (secondary N) is 1. The smallest absolute Gasteiger partial charge is 0.220 e. The number of rotatable bonds is 36. The third-order valence-corrected chi connectivity index (χ3v) is 10.1. The third kappa shape index (κ3) is 29.9. The molecular weight excluding hydrogens is 743 g/mol. The number of hydrogen-bond donors (Lipinski definition) is 6. The Morgan fingerprint density at radius 3 is 1.63 bits per heavy atom. The van der Waals surface area contributed by atoms with Crippen molar-refractivity contribution in [1.82, 2.24) is 5.32 Å². The Morgan fingerprint density at radius 2 is 1.07 bits per heavy atom. The number of unbranched alkanes of at least 4 members (excludes halogenated alkanes) is 12. The molecule has 0 aliphatic carbocycles. The normalized spacial score (nSPS) is 21.6. The van der Waals surface area contributed by atoms with Gasteiger partial charge < -0.3 is 40.3 Å². The van der Waals surface area contributed by atoms with Gasteiger partial charge in [0.2, 0.25) is 5.91 Å². The van der Waals surface area contributed by atoms with E-state index in [1.807, 2.05) is 6.08 Å². The summed E-state index contributed by atoms with van der Waals surface area (Å²) in [7, 11) is 0. The molecule has 1 aliphatic heterocycles. The summed E-state index contributed by atoms with van der Waals surface area (Å²) in [6.45, 7) is 3.58. The van der Waals surface area contributed by atoms with Gasteiger partial charge in [0.1, 0.15) is 24.4 Å². The Bertz CT molecular complexity index is 1240. The maximum Gasteiger partial charge on any atom is 0.220 e. The fourth-order valence-corrected chi connectivity index (χ4v) is 6.46. The molecular formula is C50H83NO8. The van der Waals surface area contributed by atoms with Gasteiger partial charge in [0.15, 0.2) is 6.29 Å². The first-order chi connectivity index (χ1) is 28.8. The van der Waals surface area contributed by atoms with E-state index in [2.05, 4.69) is 104 Å². The second-order valence-corrected chi connectivity index (χ2v) is 15.4. The van der Waals surface area contributed by atoms with Gasteiger partial charge in [-0.25, -0.2) is 0 Å². The summed E-state index contributed by atoms with van der Waals surface area (Å²) >= 11 is 0. The largest absolute Gasteiger partial charge is 0.394 e. The lowest BCUT2D eigenvalue weighted by Gasteiger charge is -2.40. The van der Waals surface area contributed by atoms with Crippen LogP contribution in [0.5, 0.6) is 0 Å². The number of carbonyl (C=O) groups excluding carboxylic acids is 1. The fourth-order valence-electron chi connectivity index (χ4n) is 6.46. The number of amides is 1. The molecule has 1 amide bonds. The summed E-state index contributed by atoms with van der Waals surface area (Å²) in [5, 5.41) is 54.1. The van der Waals surface area contributed by atoms with Gasteiger partial charge in [-0.1, -0.05) is 162 Å². The van der Waals surface area contributed by atoms with E-state index in [4.69, 9.17) is 9.47 Å². The summed E-state index contributed by atoms with van der Waals surface area (Å²) in [5.41, 5.74) is 0. The van der Waals surface area contributed by atoms with Gasteiger partial charge in [-0.3, -0.25) is 4.79 Å². The van der Waals surface area contributed by atoms with Gasteiger partial charge in [-0.2, -0.15) is 0 Å². The maximum absolute atomic E-state index is 12.9. The molecule has 1 fully saturated rings. The molecule has 7 atom stereocenters. The minimum absolute atomic E-state index is 0.235. The van der Waals surface area contributed by atoms with E-state index in [-0.39, 0.29) is 18.9 Å². The highest BCUT2D eigenvalue weighted by Gasteiger charge is 2.44. The summed E-state index contributed by atoms with van der Waals surface area (Å²) in [5.74, 6) is -0.252. The molecule has 7 unspecified atom stereocenters. The lowest BCUT2D eigenvalue weighted by molar-refractivity contribution is -0.302. The van der Waals surface area contributed by atoms with Crippen LogP contribution in [0.4, 0.5) is 0 Å². The Hall–Kier alpha value is -2.89. The van der Waals surface area contributed by atoms with Crippen LogP contribution in [0, 0.1) is 0 Å². The van der Waals surface area contributed by atoms with Crippen LogP contribution in [0.2, 0.25) is 0 Å². The fraction of sp³-hybridized carbons (Fsp3) is 0.660. The summed E-state index contributed by atoms with van der Waals surface area (Å²) in [6.07, 6.45) is 48.8. The molecule has 1 heterocycles. The Labute approximate surface area is 358 Å². The number of ether oxygens (including phenoxy) is 2. The van der Waals surface area contributed by atoms with E-state index in [0.717, 1.165) is 64.2 Å². The van der Waals surface area contributed by atoms with Gasteiger partial charge in [0.25, 0.3) is 0 Å². The van der Waals surface area contributed by atoms with Gasteiger partial charge in [-0.05, 0) is 83.5 Å². The van der Waals surface area contributed by atoms with E-state index in [0.29, 0.717) is 12.8 Å².